The second kappa shape index (κ2) is 4.96. The predicted octanol–water partition coefficient (Wildman–Crippen LogP) is 4.38. The minimum absolute atomic E-state index is 0.372. The molecular formula is C19H35NO. The van der Waals surface area contributed by atoms with Crippen LogP contribution in [0.5, 0.6) is 0 Å². The maximum absolute atomic E-state index is 6.81. The molecule has 2 heteroatoms. The van der Waals surface area contributed by atoms with Gasteiger partial charge >= 0.3 is 0 Å². The van der Waals surface area contributed by atoms with Crippen LogP contribution < -0.4 is 5.32 Å². The number of hydrogen-bond donors (Lipinski definition) is 1. The van der Waals surface area contributed by atoms with Gasteiger partial charge in [0.25, 0.3) is 0 Å². The lowest BCUT2D eigenvalue weighted by atomic mass is 9.58. The van der Waals surface area contributed by atoms with Crippen LogP contribution in [0.1, 0.15) is 73.1 Å². The first-order valence-electron chi connectivity index (χ1n) is 9.18. The highest BCUT2D eigenvalue weighted by Crippen LogP contribution is 2.67. The molecular weight excluding hydrogens is 258 g/mol. The third kappa shape index (κ3) is 1.84. The molecule has 3 aliphatic rings. The van der Waals surface area contributed by atoms with E-state index >= 15 is 0 Å². The van der Waals surface area contributed by atoms with Gasteiger partial charge in [-0.2, -0.15) is 0 Å². The van der Waals surface area contributed by atoms with Crippen LogP contribution in [0, 0.1) is 22.2 Å². The maximum atomic E-state index is 6.81. The summed E-state index contributed by atoms with van der Waals surface area (Å²) >= 11 is 0. The summed E-state index contributed by atoms with van der Waals surface area (Å²) < 4.78 is 6.81. The molecule has 122 valence electrons. The molecule has 1 N–H and O–H groups in total. The molecule has 0 saturated heterocycles. The van der Waals surface area contributed by atoms with Gasteiger partial charge in [-0.1, -0.05) is 34.6 Å². The standard InChI is InChI=1S/C19H35NO/c1-7-19(8-2)14(20-6)12-16(19)21-15-11-13-9-10-18(15,5)17(13,3)4/h13-16,20H,7-12H2,1-6H3. The smallest absolute Gasteiger partial charge is 0.0665 e. The molecule has 3 rings (SSSR count). The van der Waals surface area contributed by atoms with E-state index in [0.29, 0.717) is 34.5 Å². The van der Waals surface area contributed by atoms with E-state index in [1.807, 2.05) is 0 Å². The van der Waals surface area contributed by atoms with Crippen molar-refractivity contribution in [2.75, 3.05) is 7.05 Å². The Bertz CT molecular complexity index is 400. The Morgan fingerprint density at radius 2 is 1.71 bits per heavy atom. The average molecular weight is 293 g/mol. The van der Waals surface area contributed by atoms with Crippen molar-refractivity contribution in [3.63, 3.8) is 0 Å². The maximum Gasteiger partial charge on any atom is 0.0665 e. The molecule has 5 unspecified atom stereocenters. The third-order valence-electron chi connectivity index (χ3n) is 8.49. The van der Waals surface area contributed by atoms with E-state index in [1.54, 1.807) is 0 Å². The van der Waals surface area contributed by atoms with Gasteiger partial charge in [-0.25, -0.2) is 0 Å². The van der Waals surface area contributed by atoms with Crippen molar-refractivity contribution in [2.45, 2.75) is 91.4 Å². The largest absolute Gasteiger partial charge is 0.374 e. The zero-order chi connectivity index (χ0) is 15.5. The lowest BCUT2D eigenvalue weighted by Crippen LogP contribution is -2.64. The molecule has 0 aromatic heterocycles. The van der Waals surface area contributed by atoms with Crippen LogP contribution in [0.15, 0.2) is 0 Å². The van der Waals surface area contributed by atoms with Crippen LogP contribution in [-0.4, -0.2) is 25.3 Å². The van der Waals surface area contributed by atoms with Crippen molar-refractivity contribution in [2.24, 2.45) is 22.2 Å². The van der Waals surface area contributed by atoms with E-state index in [9.17, 15) is 0 Å². The highest BCUT2D eigenvalue weighted by molar-refractivity contribution is 5.13. The summed E-state index contributed by atoms with van der Waals surface area (Å²) in [5.41, 5.74) is 1.23. The summed E-state index contributed by atoms with van der Waals surface area (Å²) in [6, 6.07) is 0.650. The van der Waals surface area contributed by atoms with Crippen molar-refractivity contribution in [1.29, 1.82) is 0 Å². The summed E-state index contributed by atoms with van der Waals surface area (Å²) in [5, 5.41) is 3.53. The molecule has 0 heterocycles. The number of rotatable bonds is 5. The van der Waals surface area contributed by atoms with Gasteiger partial charge in [-0.15, -0.1) is 0 Å². The van der Waals surface area contributed by atoms with E-state index in [2.05, 4.69) is 47.0 Å². The molecule has 0 amide bonds. The molecule has 21 heavy (non-hydrogen) atoms. The summed E-state index contributed by atoms with van der Waals surface area (Å²) in [5.74, 6) is 0.880. The molecule has 5 atom stereocenters. The minimum Gasteiger partial charge on any atom is -0.374 e. The zero-order valence-electron chi connectivity index (χ0n) is 15.0. The van der Waals surface area contributed by atoms with E-state index in [4.69, 9.17) is 4.74 Å². The SMILES string of the molecule is CCC1(CC)C(NC)CC1OC1CC2CCC1(C)C2(C)C. The number of ether oxygens (including phenoxy) is 1. The monoisotopic (exact) mass is 293 g/mol. The topological polar surface area (TPSA) is 21.3 Å². The van der Waals surface area contributed by atoms with Gasteiger partial charge in [0.05, 0.1) is 12.2 Å². The summed E-state index contributed by atoms with van der Waals surface area (Å²) in [4.78, 5) is 0. The summed E-state index contributed by atoms with van der Waals surface area (Å²) in [7, 11) is 2.11. The van der Waals surface area contributed by atoms with Crippen molar-refractivity contribution in [1.82, 2.24) is 5.32 Å². The Labute approximate surface area is 131 Å². The van der Waals surface area contributed by atoms with E-state index < -0.39 is 0 Å². The normalized spacial score (nSPS) is 46.6. The Balaban J connectivity index is 1.74. The van der Waals surface area contributed by atoms with E-state index in [0.717, 1.165) is 5.92 Å². The predicted molar refractivity (Wildman–Crippen MR) is 88.4 cm³/mol. The van der Waals surface area contributed by atoms with Gasteiger partial charge in [0.2, 0.25) is 0 Å². The van der Waals surface area contributed by atoms with Crippen molar-refractivity contribution in [3.8, 4) is 0 Å². The second-order valence-electron chi connectivity index (χ2n) is 8.74. The molecule has 2 bridgehead atoms. The highest BCUT2D eigenvalue weighted by atomic mass is 16.5. The molecule has 0 radical (unpaired) electrons. The van der Waals surface area contributed by atoms with Crippen LogP contribution in [0.25, 0.3) is 0 Å². The van der Waals surface area contributed by atoms with Gasteiger partial charge in [0.1, 0.15) is 0 Å². The third-order valence-corrected chi connectivity index (χ3v) is 8.49. The Hall–Kier alpha value is -0.0800. The van der Waals surface area contributed by atoms with Crippen LogP contribution >= 0.6 is 0 Å². The average Bonchev–Trinajstić information content (AvgIpc) is 2.77. The fourth-order valence-electron chi connectivity index (χ4n) is 6.08. The van der Waals surface area contributed by atoms with Gasteiger partial charge < -0.3 is 10.1 Å². The lowest BCUT2D eigenvalue weighted by molar-refractivity contribution is -0.192. The quantitative estimate of drug-likeness (QED) is 0.812. The molecule has 0 aromatic rings. The summed E-state index contributed by atoms with van der Waals surface area (Å²) in [6.45, 7) is 12.2. The first-order valence-corrected chi connectivity index (χ1v) is 9.18. The zero-order valence-corrected chi connectivity index (χ0v) is 15.0. The molecule has 0 aliphatic heterocycles. The van der Waals surface area contributed by atoms with Crippen LogP contribution in [0.3, 0.4) is 0 Å². The van der Waals surface area contributed by atoms with E-state index in [-0.39, 0.29) is 0 Å². The number of fused-ring (bicyclic) bond motifs is 2. The van der Waals surface area contributed by atoms with Gasteiger partial charge in [0.15, 0.2) is 0 Å². The van der Waals surface area contributed by atoms with E-state index in [1.165, 1.54) is 38.5 Å². The lowest BCUT2D eigenvalue weighted by Gasteiger charge is -2.57. The second-order valence-corrected chi connectivity index (χ2v) is 8.74. The van der Waals surface area contributed by atoms with Gasteiger partial charge in [-0.05, 0) is 62.3 Å². The Morgan fingerprint density at radius 3 is 2.14 bits per heavy atom. The number of nitrogens with one attached hydrogen (secondary N) is 1. The van der Waals surface area contributed by atoms with Crippen molar-refractivity contribution < 1.29 is 4.74 Å². The highest BCUT2D eigenvalue weighted by Gasteiger charge is 2.64. The van der Waals surface area contributed by atoms with Crippen LogP contribution in [0.4, 0.5) is 0 Å². The van der Waals surface area contributed by atoms with Gasteiger partial charge in [-0.3, -0.25) is 0 Å². The molecule has 3 fully saturated rings. The molecule has 3 aliphatic carbocycles. The Morgan fingerprint density at radius 1 is 1.05 bits per heavy atom. The van der Waals surface area contributed by atoms with Crippen LogP contribution in [-0.2, 0) is 4.74 Å². The molecule has 2 nitrogen and oxygen atoms in total. The fraction of sp³-hybridized carbons (Fsp3) is 1.00. The first-order chi connectivity index (χ1) is 9.85. The fourth-order valence-corrected chi connectivity index (χ4v) is 6.08. The molecule has 0 aromatic carbocycles. The first kappa shape index (κ1) is 15.8. The van der Waals surface area contributed by atoms with Crippen molar-refractivity contribution in [3.05, 3.63) is 0 Å². The molecule has 3 saturated carbocycles. The summed E-state index contributed by atoms with van der Waals surface area (Å²) in [6.07, 6.45) is 8.71. The Kier molecular flexibility index (Phi) is 3.73. The van der Waals surface area contributed by atoms with Gasteiger partial charge in [0, 0.05) is 11.5 Å². The van der Waals surface area contributed by atoms with Crippen molar-refractivity contribution >= 4 is 0 Å². The minimum atomic E-state index is 0.372. The number of hydrogen-bond acceptors (Lipinski definition) is 2. The molecule has 0 spiro atoms. The van der Waals surface area contributed by atoms with Crippen LogP contribution in [0.2, 0.25) is 0 Å².